The van der Waals surface area contributed by atoms with E-state index in [4.69, 9.17) is 23.2 Å². The van der Waals surface area contributed by atoms with E-state index in [0.29, 0.717) is 5.57 Å². The maximum absolute atomic E-state index is 8.67. The van der Waals surface area contributed by atoms with Crippen LogP contribution in [0.1, 0.15) is 5.56 Å². The normalized spacial score (nSPS) is 11.3. The van der Waals surface area contributed by atoms with Crippen LogP contribution in [0.2, 0.25) is 0 Å². The third kappa shape index (κ3) is 3.75. The molecule has 1 rings (SSSR count). The molecule has 0 aliphatic carbocycles. The summed E-state index contributed by atoms with van der Waals surface area (Å²) in [6.07, 6.45) is 5.25. The van der Waals surface area contributed by atoms with E-state index >= 15 is 0 Å². The zero-order valence-electron chi connectivity index (χ0n) is 8.05. The van der Waals surface area contributed by atoms with E-state index in [2.05, 4.69) is 0 Å². The highest BCUT2D eigenvalue weighted by Gasteiger charge is 1.94. The lowest BCUT2D eigenvalue weighted by Crippen LogP contribution is -2.09. The number of thiocarbonyl (C=S) groups is 1. The Kier molecular flexibility index (Phi) is 4.27. The number of nitrogens with zero attached hydrogens (tertiary/aromatic N) is 1. The van der Waals surface area contributed by atoms with Crippen molar-refractivity contribution in [2.45, 2.75) is 0 Å². The van der Waals surface area contributed by atoms with Crippen LogP contribution < -0.4 is 5.73 Å². The van der Waals surface area contributed by atoms with Gasteiger partial charge in [-0.15, -0.1) is 0 Å². The minimum absolute atomic E-state index is 0.121. The third-order valence-electron chi connectivity index (χ3n) is 1.74. The summed E-state index contributed by atoms with van der Waals surface area (Å²) >= 11 is 4.70. The molecule has 0 fully saturated rings. The van der Waals surface area contributed by atoms with Gasteiger partial charge in [0.05, 0.1) is 5.57 Å². The van der Waals surface area contributed by atoms with Crippen molar-refractivity contribution in [3.05, 3.63) is 53.6 Å². The van der Waals surface area contributed by atoms with Crippen LogP contribution in [0, 0.1) is 11.3 Å². The van der Waals surface area contributed by atoms with Gasteiger partial charge in [0.15, 0.2) is 0 Å². The topological polar surface area (TPSA) is 49.8 Å². The molecule has 3 heteroatoms. The largest absolute Gasteiger partial charge is 0.389 e. The zero-order chi connectivity index (χ0) is 11.1. The highest BCUT2D eigenvalue weighted by atomic mass is 32.1. The molecule has 1 aromatic carbocycles. The van der Waals surface area contributed by atoms with E-state index in [9.17, 15) is 0 Å². The minimum Gasteiger partial charge on any atom is -0.389 e. The number of hydrogen-bond acceptors (Lipinski definition) is 2. The number of nitrogens with two attached hydrogens (primary N) is 1. The monoisotopic (exact) mass is 214 g/mol. The Hall–Kier alpha value is -1.92. The molecule has 2 nitrogen and oxygen atoms in total. The van der Waals surface area contributed by atoms with E-state index in [0.717, 1.165) is 5.56 Å². The molecule has 0 radical (unpaired) electrons. The van der Waals surface area contributed by atoms with Gasteiger partial charge in [0.25, 0.3) is 0 Å². The smallest absolute Gasteiger partial charge is 0.114 e. The van der Waals surface area contributed by atoms with Crippen LogP contribution in [-0.2, 0) is 0 Å². The molecule has 0 amide bonds. The predicted molar refractivity (Wildman–Crippen MR) is 66.0 cm³/mol. The summed E-state index contributed by atoms with van der Waals surface area (Å²) in [5, 5.41) is 8.67. The fourth-order valence-corrected chi connectivity index (χ4v) is 1.11. The van der Waals surface area contributed by atoms with Gasteiger partial charge in [-0.3, -0.25) is 0 Å². The summed E-state index contributed by atoms with van der Waals surface area (Å²) in [4.78, 5) is 0.121. The van der Waals surface area contributed by atoms with Crippen LogP contribution in [0.25, 0.3) is 6.08 Å². The van der Waals surface area contributed by atoms with Crippen molar-refractivity contribution in [1.82, 2.24) is 0 Å². The lowest BCUT2D eigenvalue weighted by molar-refractivity contribution is 1.51. The lowest BCUT2D eigenvalue weighted by atomic mass is 10.2. The Morgan fingerprint density at radius 1 is 1.33 bits per heavy atom. The first-order valence-electron chi connectivity index (χ1n) is 4.37. The average Bonchev–Trinajstić information content (AvgIpc) is 2.25. The van der Waals surface area contributed by atoms with Crippen molar-refractivity contribution in [3.8, 4) is 6.07 Å². The number of benzene rings is 1. The first-order chi connectivity index (χ1) is 7.24. The van der Waals surface area contributed by atoms with Crippen LogP contribution >= 0.6 is 12.2 Å². The molecule has 74 valence electrons. The molecule has 0 heterocycles. The highest BCUT2D eigenvalue weighted by Crippen LogP contribution is 2.02. The van der Waals surface area contributed by atoms with Crippen LogP contribution in [-0.4, -0.2) is 4.99 Å². The fraction of sp³-hybridized carbons (Fsp3) is 0. The number of nitriles is 1. The molecule has 0 saturated heterocycles. The molecule has 0 saturated carbocycles. The Morgan fingerprint density at radius 3 is 2.53 bits per heavy atom. The van der Waals surface area contributed by atoms with Gasteiger partial charge >= 0.3 is 0 Å². The van der Waals surface area contributed by atoms with Gasteiger partial charge in [-0.1, -0.05) is 54.7 Å². The lowest BCUT2D eigenvalue weighted by Gasteiger charge is -1.91. The van der Waals surface area contributed by atoms with Gasteiger partial charge in [-0.2, -0.15) is 5.26 Å². The van der Waals surface area contributed by atoms with Crippen molar-refractivity contribution in [1.29, 1.82) is 5.26 Å². The zero-order valence-corrected chi connectivity index (χ0v) is 8.87. The second kappa shape index (κ2) is 5.74. The molecule has 0 atom stereocenters. The molecule has 1 aromatic rings. The van der Waals surface area contributed by atoms with E-state index in [1.807, 2.05) is 42.5 Å². The summed E-state index contributed by atoms with van der Waals surface area (Å²) in [6, 6.07) is 11.7. The maximum atomic E-state index is 8.67. The van der Waals surface area contributed by atoms with Crippen molar-refractivity contribution in [2.75, 3.05) is 0 Å². The molecule has 0 unspecified atom stereocenters. The van der Waals surface area contributed by atoms with Gasteiger partial charge in [-0.25, -0.2) is 0 Å². The standard InChI is InChI=1S/C12H10N2S/c13-9-11(12(14)15)8-4-7-10-5-2-1-3-6-10/h1-8H,(H2,14,15)/b7-4+,11-8?. The molecule has 0 aliphatic rings. The van der Waals surface area contributed by atoms with E-state index in [1.165, 1.54) is 0 Å². The van der Waals surface area contributed by atoms with Crippen LogP contribution in [0.4, 0.5) is 0 Å². The average molecular weight is 214 g/mol. The molecule has 0 spiro atoms. The second-order valence-corrected chi connectivity index (χ2v) is 3.27. The van der Waals surface area contributed by atoms with Gasteiger partial charge in [0.2, 0.25) is 0 Å². The molecule has 0 aromatic heterocycles. The van der Waals surface area contributed by atoms with Crippen LogP contribution in [0.5, 0.6) is 0 Å². The molecule has 0 bridgehead atoms. The summed E-state index contributed by atoms with van der Waals surface area (Å²) in [5.41, 5.74) is 6.71. The van der Waals surface area contributed by atoms with Crippen LogP contribution in [0.3, 0.4) is 0 Å². The number of rotatable bonds is 3. The van der Waals surface area contributed by atoms with Gasteiger partial charge in [0.1, 0.15) is 11.1 Å². The third-order valence-corrected chi connectivity index (χ3v) is 1.96. The Morgan fingerprint density at radius 2 is 2.00 bits per heavy atom. The SMILES string of the molecule is N#CC(=C/C=C/c1ccccc1)C(N)=S. The first-order valence-corrected chi connectivity index (χ1v) is 4.78. The van der Waals surface area contributed by atoms with Crippen molar-refractivity contribution >= 4 is 23.3 Å². The van der Waals surface area contributed by atoms with Gasteiger partial charge in [-0.05, 0) is 11.6 Å². The molecule has 0 aliphatic heterocycles. The molecule has 2 N–H and O–H groups in total. The molecule has 15 heavy (non-hydrogen) atoms. The number of hydrogen-bond donors (Lipinski definition) is 1. The summed E-state index contributed by atoms with van der Waals surface area (Å²) in [5.74, 6) is 0. The fourth-order valence-electron chi connectivity index (χ4n) is 0.994. The molecular weight excluding hydrogens is 204 g/mol. The Labute approximate surface area is 94.3 Å². The van der Waals surface area contributed by atoms with Crippen molar-refractivity contribution in [2.24, 2.45) is 5.73 Å². The second-order valence-electron chi connectivity index (χ2n) is 2.83. The first kappa shape index (κ1) is 11.2. The van der Waals surface area contributed by atoms with Gasteiger partial charge in [0, 0.05) is 0 Å². The predicted octanol–water partition coefficient (Wildman–Crippen LogP) is 2.44. The summed E-state index contributed by atoms with van der Waals surface area (Å²) in [7, 11) is 0. The Balaban J connectivity index is 2.76. The van der Waals surface area contributed by atoms with Crippen molar-refractivity contribution < 1.29 is 0 Å². The molecular formula is C12H10N2S. The maximum Gasteiger partial charge on any atom is 0.114 e. The van der Waals surface area contributed by atoms with E-state index in [1.54, 1.807) is 12.2 Å². The quantitative estimate of drug-likeness (QED) is 0.364. The van der Waals surface area contributed by atoms with Crippen molar-refractivity contribution in [3.63, 3.8) is 0 Å². The Bertz CT molecular complexity index is 438. The minimum atomic E-state index is 0.121. The number of allylic oxidation sites excluding steroid dienone is 2. The highest BCUT2D eigenvalue weighted by molar-refractivity contribution is 7.80. The van der Waals surface area contributed by atoms with E-state index < -0.39 is 0 Å². The van der Waals surface area contributed by atoms with Crippen LogP contribution in [0.15, 0.2) is 48.1 Å². The van der Waals surface area contributed by atoms with E-state index in [-0.39, 0.29) is 4.99 Å². The van der Waals surface area contributed by atoms with Gasteiger partial charge < -0.3 is 5.73 Å². The summed E-state index contributed by atoms with van der Waals surface area (Å²) < 4.78 is 0. The summed E-state index contributed by atoms with van der Waals surface area (Å²) in [6.45, 7) is 0.